The minimum absolute atomic E-state index is 0.0530. The Kier molecular flexibility index (Phi) is 7.38. The molecule has 31 heavy (non-hydrogen) atoms. The molecule has 7 heteroatoms. The number of nitrogens with one attached hydrogen (secondary N) is 1. The standard InChI is InChI=1S/C24H32N2O4S/c1-17-7-8-18(2)23(14-17)31(28,29)26-13-5-6-20(16-26)9-12-24(27)25-22-11-10-21(30-4)15-19(22)3/h7-8,10-11,14-15,20H,5-6,9,12-13,16H2,1-4H3,(H,25,27)/t20-/m0/s1. The van der Waals surface area contributed by atoms with Crippen molar-refractivity contribution in [3.63, 3.8) is 0 Å². The van der Waals surface area contributed by atoms with Crippen LogP contribution < -0.4 is 10.1 Å². The number of hydrogen-bond acceptors (Lipinski definition) is 4. The van der Waals surface area contributed by atoms with E-state index in [1.54, 1.807) is 17.5 Å². The van der Waals surface area contributed by atoms with Gasteiger partial charge in [0.1, 0.15) is 5.75 Å². The Hall–Kier alpha value is -2.38. The Labute approximate surface area is 185 Å². The van der Waals surface area contributed by atoms with Gasteiger partial charge in [0.05, 0.1) is 12.0 Å². The van der Waals surface area contributed by atoms with Crippen molar-refractivity contribution >= 4 is 21.6 Å². The fraction of sp³-hybridized carbons (Fsp3) is 0.458. The zero-order valence-corrected chi connectivity index (χ0v) is 19.6. The number of carbonyl (C=O) groups is 1. The molecule has 3 rings (SSSR count). The molecule has 1 amide bonds. The van der Waals surface area contributed by atoms with Gasteiger partial charge in [-0.15, -0.1) is 0 Å². The zero-order chi connectivity index (χ0) is 22.6. The number of anilines is 1. The van der Waals surface area contributed by atoms with Crippen LogP contribution in [-0.4, -0.2) is 38.8 Å². The van der Waals surface area contributed by atoms with Crippen LogP contribution in [0.1, 0.15) is 42.4 Å². The topological polar surface area (TPSA) is 75.7 Å². The van der Waals surface area contributed by atoms with Crippen molar-refractivity contribution in [2.75, 3.05) is 25.5 Å². The largest absolute Gasteiger partial charge is 0.497 e. The molecule has 2 aromatic carbocycles. The lowest BCUT2D eigenvalue weighted by molar-refractivity contribution is -0.116. The second-order valence-corrected chi connectivity index (χ2v) is 10.3. The van der Waals surface area contributed by atoms with E-state index in [1.807, 2.05) is 51.1 Å². The molecule has 1 atom stereocenters. The molecule has 168 valence electrons. The second kappa shape index (κ2) is 9.83. The summed E-state index contributed by atoms with van der Waals surface area (Å²) in [6, 6.07) is 11.1. The summed E-state index contributed by atoms with van der Waals surface area (Å²) >= 11 is 0. The third-order valence-corrected chi connectivity index (χ3v) is 7.94. The number of nitrogens with zero attached hydrogens (tertiary/aromatic N) is 1. The molecule has 1 heterocycles. The third-order valence-electron chi connectivity index (χ3n) is 5.93. The summed E-state index contributed by atoms with van der Waals surface area (Å²) in [5, 5.41) is 2.96. The van der Waals surface area contributed by atoms with E-state index in [2.05, 4.69) is 5.32 Å². The first-order valence-electron chi connectivity index (χ1n) is 10.7. The molecular formula is C24H32N2O4S. The average molecular weight is 445 g/mol. The number of rotatable bonds is 7. The fourth-order valence-corrected chi connectivity index (χ4v) is 5.92. The van der Waals surface area contributed by atoms with Gasteiger partial charge < -0.3 is 10.1 Å². The summed E-state index contributed by atoms with van der Waals surface area (Å²) in [7, 11) is -1.91. The molecule has 1 aliphatic rings. The summed E-state index contributed by atoms with van der Waals surface area (Å²) < 4.78 is 33.2. The van der Waals surface area contributed by atoms with E-state index in [1.165, 1.54) is 0 Å². The molecule has 0 aliphatic carbocycles. The van der Waals surface area contributed by atoms with Crippen LogP contribution in [-0.2, 0) is 14.8 Å². The highest BCUT2D eigenvalue weighted by molar-refractivity contribution is 7.89. The van der Waals surface area contributed by atoms with Crippen molar-refractivity contribution in [2.24, 2.45) is 5.92 Å². The average Bonchev–Trinajstić information content (AvgIpc) is 2.75. The smallest absolute Gasteiger partial charge is 0.243 e. The molecule has 0 bridgehead atoms. The minimum Gasteiger partial charge on any atom is -0.497 e. The summed E-state index contributed by atoms with van der Waals surface area (Å²) in [6.07, 6.45) is 2.79. The van der Waals surface area contributed by atoms with Gasteiger partial charge in [-0.2, -0.15) is 4.31 Å². The van der Waals surface area contributed by atoms with Crippen LogP contribution in [0, 0.1) is 26.7 Å². The number of methoxy groups -OCH3 is 1. The SMILES string of the molecule is COc1ccc(NC(=O)CC[C@@H]2CCCN(S(=O)(=O)c3cc(C)ccc3C)C2)c(C)c1. The van der Waals surface area contributed by atoms with Gasteiger partial charge in [-0.25, -0.2) is 8.42 Å². The molecule has 0 radical (unpaired) electrons. The van der Waals surface area contributed by atoms with Gasteiger partial charge in [-0.05, 0) is 86.9 Å². The number of piperidine rings is 1. The Morgan fingerprint density at radius 2 is 1.90 bits per heavy atom. The van der Waals surface area contributed by atoms with Crippen molar-refractivity contribution in [3.05, 3.63) is 53.1 Å². The number of carbonyl (C=O) groups excluding carboxylic acids is 1. The van der Waals surface area contributed by atoms with Gasteiger partial charge >= 0.3 is 0 Å². The van der Waals surface area contributed by atoms with Crippen LogP contribution in [0.3, 0.4) is 0 Å². The Bertz CT molecular complexity index is 1050. The van der Waals surface area contributed by atoms with Crippen LogP contribution in [0.15, 0.2) is 41.3 Å². The van der Waals surface area contributed by atoms with Crippen LogP contribution in [0.4, 0.5) is 5.69 Å². The Morgan fingerprint density at radius 1 is 1.13 bits per heavy atom. The molecule has 1 fully saturated rings. The van der Waals surface area contributed by atoms with Crippen molar-refractivity contribution in [2.45, 2.75) is 51.3 Å². The maximum atomic E-state index is 13.2. The lowest BCUT2D eigenvalue weighted by Crippen LogP contribution is -2.40. The minimum atomic E-state index is -3.53. The number of aryl methyl sites for hydroxylation is 3. The molecule has 0 saturated carbocycles. The summed E-state index contributed by atoms with van der Waals surface area (Å²) in [5.74, 6) is 0.877. The highest BCUT2D eigenvalue weighted by Crippen LogP contribution is 2.28. The first-order valence-corrected chi connectivity index (χ1v) is 12.2. The van der Waals surface area contributed by atoms with Crippen LogP contribution in [0.5, 0.6) is 5.75 Å². The monoisotopic (exact) mass is 444 g/mol. The summed E-state index contributed by atoms with van der Waals surface area (Å²) in [5.41, 5.74) is 3.41. The highest BCUT2D eigenvalue weighted by atomic mass is 32.2. The molecule has 6 nitrogen and oxygen atoms in total. The van der Waals surface area contributed by atoms with E-state index in [-0.39, 0.29) is 11.8 Å². The second-order valence-electron chi connectivity index (χ2n) is 8.41. The normalized spacial score (nSPS) is 17.4. The zero-order valence-electron chi connectivity index (χ0n) is 18.8. The number of sulfonamides is 1. The van der Waals surface area contributed by atoms with E-state index in [0.717, 1.165) is 41.0 Å². The first kappa shape index (κ1) is 23.3. The molecule has 1 saturated heterocycles. The lowest BCUT2D eigenvalue weighted by atomic mass is 9.94. The van der Waals surface area contributed by atoms with Crippen molar-refractivity contribution in [1.82, 2.24) is 4.31 Å². The van der Waals surface area contributed by atoms with Gasteiger partial charge in [0.15, 0.2) is 0 Å². The van der Waals surface area contributed by atoms with Crippen LogP contribution >= 0.6 is 0 Å². The van der Waals surface area contributed by atoms with E-state index in [4.69, 9.17) is 4.74 Å². The molecule has 0 spiro atoms. The summed E-state index contributed by atoms with van der Waals surface area (Å²) in [4.78, 5) is 12.9. The molecule has 0 aromatic heterocycles. The summed E-state index contributed by atoms with van der Waals surface area (Å²) in [6.45, 7) is 6.66. The van der Waals surface area contributed by atoms with E-state index >= 15 is 0 Å². The number of ether oxygens (including phenoxy) is 1. The third kappa shape index (κ3) is 5.66. The molecule has 2 aromatic rings. The highest BCUT2D eigenvalue weighted by Gasteiger charge is 2.31. The van der Waals surface area contributed by atoms with Crippen molar-refractivity contribution < 1.29 is 17.9 Å². The van der Waals surface area contributed by atoms with E-state index < -0.39 is 10.0 Å². The van der Waals surface area contributed by atoms with Gasteiger partial charge in [-0.3, -0.25) is 4.79 Å². The van der Waals surface area contributed by atoms with Crippen molar-refractivity contribution in [3.8, 4) is 5.75 Å². The quantitative estimate of drug-likeness (QED) is 0.685. The van der Waals surface area contributed by atoms with Gasteiger partial charge in [0.25, 0.3) is 0 Å². The van der Waals surface area contributed by atoms with E-state index in [9.17, 15) is 13.2 Å². The van der Waals surface area contributed by atoms with Gasteiger partial charge in [-0.1, -0.05) is 12.1 Å². The fourth-order valence-electron chi connectivity index (χ4n) is 4.06. The predicted octanol–water partition coefficient (Wildman–Crippen LogP) is 4.44. The maximum absolute atomic E-state index is 13.2. The van der Waals surface area contributed by atoms with Crippen molar-refractivity contribution in [1.29, 1.82) is 0 Å². The Balaban J connectivity index is 1.60. The first-order chi connectivity index (χ1) is 14.7. The number of hydrogen-bond donors (Lipinski definition) is 1. The lowest BCUT2D eigenvalue weighted by Gasteiger charge is -2.32. The number of benzene rings is 2. The predicted molar refractivity (Wildman–Crippen MR) is 123 cm³/mol. The maximum Gasteiger partial charge on any atom is 0.243 e. The molecule has 0 unspecified atom stereocenters. The molecular weight excluding hydrogens is 412 g/mol. The number of amides is 1. The molecule has 1 N–H and O–H groups in total. The van der Waals surface area contributed by atoms with Gasteiger partial charge in [0, 0.05) is 25.2 Å². The molecule has 1 aliphatic heterocycles. The Morgan fingerprint density at radius 3 is 2.61 bits per heavy atom. The van der Waals surface area contributed by atoms with Crippen LogP contribution in [0.25, 0.3) is 0 Å². The van der Waals surface area contributed by atoms with Gasteiger partial charge in [0.2, 0.25) is 15.9 Å². The van der Waals surface area contributed by atoms with Crippen LogP contribution in [0.2, 0.25) is 0 Å². The van der Waals surface area contributed by atoms with E-state index in [0.29, 0.717) is 30.8 Å².